The summed E-state index contributed by atoms with van der Waals surface area (Å²) in [5.41, 5.74) is 0.937. The Morgan fingerprint density at radius 2 is 1.80 bits per heavy atom. The van der Waals surface area contributed by atoms with Gasteiger partial charge < -0.3 is 20.6 Å². The zero-order chi connectivity index (χ0) is 18.3. The molecule has 0 aliphatic carbocycles. The third kappa shape index (κ3) is 5.91. The molecule has 1 aliphatic rings. The summed E-state index contributed by atoms with van der Waals surface area (Å²) in [4.78, 5) is 24.2. The van der Waals surface area contributed by atoms with Crippen molar-refractivity contribution in [3.05, 3.63) is 24.3 Å². The molecule has 0 saturated carbocycles. The predicted octanol–water partition coefficient (Wildman–Crippen LogP) is -0.0511. The van der Waals surface area contributed by atoms with E-state index in [1.54, 1.807) is 12.1 Å². The second kappa shape index (κ2) is 8.67. The standard InChI is InChI=1S/C15H22N4O5S/c20-14(2-1-7-17-15(21)22)18-25(23,24)13-5-3-12(4-6-13)19-10-8-16-9-11-19/h3-6,16-17H,1-2,7-11H2,(H,18,20)(H,21,22). The molecule has 1 aromatic rings. The number of piperazine rings is 1. The van der Waals surface area contributed by atoms with Gasteiger partial charge in [0.15, 0.2) is 0 Å². The van der Waals surface area contributed by atoms with Crippen molar-refractivity contribution in [1.29, 1.82) is 0 Å². The summed E-state index contributed by atoms with van der Waals surface area (Å²) in [7, 11) is -3.93. The van der Waals surface area contributed by atoms with Crippen LogP contribution in [0.3, 0.4) is 0 Å². The van der Waals surface area contributed by atoms with Crippen molar-refractivity contribution in [2.75, 3.05) is 37.6 Å². The summed E-state index contributed by atoms with van der Waals surface area (Å²) in [6, 6.07) is 6.39. The Labute approximate surface area is 146 Å². The SMILES string of the molecule is O=C(O)NCCCC(=O)NS(=O)(=O)c1ccc(N2CCNCC2)cc1. The van der Waals surface area contributed by atoms with Crippen LogP contribution in [0, 0.1) is 0 Å². The van der Waals surface area contributed by atoms with Crippen molar-refractivity contribution in [1.82, 2.24) is 15.4 Å². The van der Waals surface area contributed by atoms with E-state index in [1.807, 2.05) is 4.72 Å². The van der Waals surface area contributed by atoms with Gasteiger partial charge in [-0.2, -0.15) is 0 Å². The van der Waals surface area contributed by atoms with Crippen molar-refractivity contribution in [2.24, 2.45) is 0 Å². The lowest BCUT2D eigenvalue weighted by Gasteiger charge is -2.29. The molecule has 9 nitrogen and oxygen atoms in total. The third-order valence-corrected chi connectivity index (χ3v) is 5.12. The van der Waals surface area contributed by atoms with Crippen molar-refractivity contribution in [3.63, 3.8) is 0 Å². The minimum Gasteiger partial charge on any atom is -0.465 e. The molecule has 0 spiro atoms. The molecule has 1 heterocycles. The van der Waals surface area contributed by atoms with Crippen LogP contribution >= 0.6 is 0 Å². The monoisotopic (exact) mass is 370 g/mol. The molecular formula is C15H22N4O5S. The van der Waals surface area contributed by atoms with Crippen LogP contribution in [-0.2, 0) is 14.8 Å². The number of benzene rings is 1. The lowest BCUT2D eigenvalue weighted by atomic mass is 10.2. The minimum absolute atomic E-state index is 0.0170. The van der Waals surface area contributed by atoms with Crippen molar-refractivity contribution in [2.45, 2.75) is 17.7 Å². The molecule has 25 heavy (non-hydrogen) atoms. The van der Waals surface area contributed by atoms with Gasteiger partial charge in [-0.25, -0.2) is 17.9 Å². The van der Waals surface area contributed by atoms with Crippen LogP contribution in [0.4, 0.5) is 10.5 Å². The average Bonchev–Trinajstić information content (AvgIpc) is 2.59. The van der Waals surface area contributed by atoms with E-state index in [2.05, 4.69) is 15.5 Å². The summed E-state index contributed by atoms with van der Waals surface area (Å²) in [5.74, 6) is -0.668. The first kappa shape index (κ1) is 19.0. The largest absolute Gasteiger partial charge is 0.465 e. The number of anilines is 1. The molecule has 0 radical (unpaired) electrons. The fourth-order valence-electron chi connectivity index (χ4n) is 2.46. The normalized spacial score (nSPS) is 14.8. The Morgan fingerprint density at radius 1 is 1.16 bits per heavy atom. The lowest BCUT2D eigenvalue weighted by Crippen LogP contribution is -2.43. The van der Waals surface area contributed by atoms with Crippen LogP contribution in [0.15, 0.2) is 29.2 Å². The van der Waals surface area contributed by atoms with E-state index in [-0.39, 0.29) is 24.3 Å². The molecule has 138 valence electrons. The number of hydrogen-bond donors (Lipinski definition) is 4. The van der Waals surface area contributed by atoms with Gasteiger partial charge in [-0.05, 0) is 30.7 Å². The maximum absolute atomic E-state index is 12.2. The Hall–Kier alpha value is -2.33. The Kier molecular flexibility index (Phi) is 6.59. The van der Waals surface area contributed by atoms with E-state index in [0.29, 0.717) is 0 Å². The number of nitrogens with one attached hydrogen (secondary N) is 3. The zero-order valence-corrected chi connectivity index (χ0v) is 14.5. The minimum atomic E-state index is -3.93. The highest BCUT2D eigenvalue weighted by Gasteiger charge is 2.18. The quantitative estimate of drug-likeness (QED) is 0.495. The Morgan fingerprint density at radius 3 is 2.40 bits per heavy atom. The molecule has 2 rings (SSSR count). The lowest BCUT2D eigenvalue weighted by molar-refractivity contribution is -0.119. The fourth-order valence-corrected chi connectivity index (χ4v) is 3.48. The second-order valence-electron chi connectivity index (χ2n) is 5.60. The van der Waals surface area contributed by atoms with E-state index >= 15 is 0 Å². The number of hydrogen-bond acceptors (Lipinski definition) is 6. The average molecular weight is 370 g/mol. The topological polar surface area (TPSA) is 128 Å². The van der Waals surface area contributed by atoms with E-state index in [1.165, 1.54) is 12.1 Å². The second-order valence-corrected chi connectivity index (χ2v) is 7.28. The molecule has 0 bridgehead atoms. The van der Waals surface area contributed by atoms with Gasteiger partial charge in [-0.1, -0.05) is 0 Å². The number of amides is 2. The molecule has 1 fully saturated rings. The van der Waals surface area contributed by atoms with Gasteiger partial charge in [0.2, 0.25) is 5.91 Å². The van der Waals surface area contributed by atoms with Crippen molar-refractivity contribution < 1.29 is 23.1 Å². The summed E-state index contributed by atoms with van der Waals surface area (Å²) in [6.07, 6.45) is -1.05. The van der Waals surface area contributed by atoms with Crippen LogP contribution in [0.1, 0.15) is 12.8 Å². The Balaban J connectivity index is 1.90. The van der Waals surface area contributed by atoms with Gasteiger partial charge in [0.25, 0.3) is 10.0 Å². The number of sulfonamides is 1. The van der Waals surface area contributed by atoms with E-state index in [0.717, 1.165) is 31.9 Å². The first-order chi connectivity index (χ1) is 11.9. The number of rotatable bonds is 7. The van der Waals surface area contributed by atoms with Crippen LogP contribution in [0.5, 0.6) is 0 Å². The van der Waals surface area contributed by atoms with Crippen LogP contribution < -0.4 is 20.3 Å². The highest BCUT2D eigenvalue weighted by molar-refractivity contribution is 7.90. The first-order valence-corrected chi connectivity index (χ1v) is 9.45. The molecule has 1 saturated heterocycles. The summed E-state index contributed by atoms with van der Waals surface area (Å²) in [5, 5.41) is 13.8. The molecular weight excluding hydrogens is 348 g/mol. The van der Waals surface area contributed by atoms with Gasteiger partial charge >= 0.3 is 6.09 Å². The molecule has 2 amide bonds. The van der Waals surface area contributed by atoms with Gasteiger partial charge in [-0.3, -0.25) is 4.79 Å². The molecule has 10 heteroatoms. The van der Waals surface area contributed by atoms with Crippen molar-refractivity contribution in [3.8, 4) is 0 Å². The van der Waals surface area contributed by atoms with E-state index in [9.17, 15) is 18.0 Å². The maximum Gasteiger partial charge on any atom is 0.404 e. The number of nitrogens with zero attached hydrogens (tertiary/aromatic N) is 1. The van der Waals surface area contributed by atoms with Crippen LogP contribution in [0.25, 0.3) is 0 Å². The van der Waals surface area contributed by atoms with Gasteiger partial charge in [0.1, 0.15) is 0 Å². The first-order valence-electron chi connectivity index (χ1n) is 7.97. The zero-order valence-electron chi connectivity index (χ0n) is 13.7. The van der Waals surface area contributed by atoms with Crippen LogP contribution in [0.2, 0.25) is 0 Å². The molecule has 1 aromatic carbocycles. The van der Waals surface area contributed by atoms with Gasteiger partial charge in [0, 0.05) is 44.8 Å². The third-order valence-electron chi connectivity index (χ3n) is 3.73. The number of carbonyl (C=O) groups is 2. The number of carboxylic acid groups (broad SMARTS) is 1. The van der Waals surface area contributed by atoms with E-state index in [4.69, 9.17) is 5.11 Å². The van der Waals surface area contributed by atoms with Crippen molar-refractivity contribution >= 4 is 27.7 Å². The fraction of sp³-hybridized carbons (Fsp3) is 0.467. The van der Waals surface area contributed by atoms with Gasteiger partial charge in [0.05, 0.1) is 4.90 Å². The predicted molar refractivity (Wildman–Crippen MR) is 92.1 cm³/mol. The van der Waals surface area contributed by atoms with Crippen LogP contribution in [-0.4, -0.2) is 58.2 Å². The summed E-state index contributed by atoms with van der Waals surface area (Å²) in [6.45, 7) is 3.56. The molecule has 0 unspecified atom stereocenters. The molecule has 4 N–H and O–H groups in total. The highest BCUT2D eigenvalue weighted by Crippen LogP contribution is 2.18. The maximum atomic E-state index is 12.2. The smallest absolute Gasteiger partial charge is 0.404 e. The number of carbonyl (C=O) groups excluding carboxylic acids is 1. The molecule has 1 aliphatic heterocycles. The molecule has 0 aromatic heterocycles. The Bertz CT molecular complexity index is 699. The molecule has 0 atom stereocenters. The van der Waals surface area contributed by atoms with E-state index < -0.39 is 22.0 Å². The summed E-state index contributed by atoms with van der Waals surface area (Å²) >= 11 is 0. The summed E-state index contributed by atoms with van der Waals surface area (Å²) < 4.78 is 26.4. The van der Waals surface area contributed by atoms with Gasteiger partial charge in [-0.15, -0.1) is 0 Å². The highest BCUT2D eigenvalue weighted by atomic mass is 32.2.